The lowest BCUT2D eigenvalue weighted by molar-refractivity contribution is 0.0963. The molecular weight excluding hydrogens is 414 g/mol. The van der Waals surface area contributed by atoms with Crippen molar-refractivity contribution in [3.8, 4) is 17.0 Å². The summed E-state index contributed by atoms with van der Waals surface area (Å²) in [5.74, 6) is 0.387. The van der Waals surface area contributed by atoms with Gasteiger partial charge in [0.1, 0.15) is 0 Å². The largest absolute Gasteiger partial charge is 0.478 e. The van der Waals surface area contributed by atoms with Gasteiger partial charge in [-0.2, -0.15) is 0 Å². The van der Waals surface area contributed by atoms with Gasteiger partial charge in [-0.05, 0) is 55.3 Å². The summed E-state index contributed by atoms with van der Waals surface area (Å²) >= 11 is 0. The fraction of sp³-hybridized carbons (Fsp3) is 0.192. The zero-order chi connectivity index (χ0) is 23.0. The van der Waals surface area contributed by atoms with Gasteiger partial charge in [0.05, 0.1) is 23.4 Å². The van der Waals surface area contributed by atoms with Gasteiger partial charge in [-0.1, -0.05) is 24.3 Å². The molecule has 7 nitrogen and oxygen atoms in total. The molecule has 0 atom stereocenters. The van der Waals surface area contributed by atoms with Crippen molar-refractivity contribution in [1.29, 1.82) is 0 Å². The van der Waals surface area contributed by atoms with Gasteiger partial charge in [-0.3, -0.25) is 9.78 Å². The van der Waals surface area contributed by atoms with Crippen LogP contribution in [0.5, 0.6) is 5.88 Å². The highest BCUT2D eigenvalue weighted by Crippen LogP contribution is 2.32. The van der Waals surface area contributed by atoms with E-state index in [1.807, 2.05) is 60.7 Å². The lowest BCUT2D eigenvalue weighted by atomic mass is 10.0. The van der Waals surface area contributed by atoms with Crippen molar-refractivity contribution in [2.75, 3.05) is 25.5 Å². The standard InChI is InChI=1S/C26H27N5O2/c1-28-26(32)22-17-29-23-11-9-18(15-21(23)25(22)31-20-7-3-2-4-8-20)19-10-12-24(30-16-19)33-14-6-5-13-27/h2-4,7-12,15-17H,5-6,13-14,27H2,1H3,(H,28,32)(H,29,31). The number of benzene rings is 2. The van der Waals surface area contributed by atoms with Crippen molar-refractivity contribution in [3.05, 3.63) is 78.6 Å². The predicted molar refractivity (Wildman–Crippen MR) is 132 cm³/mol. The van der Waals surface area contributed by atoms with Gasteiger partial charge in [-0.25, -0.2) is 4.98 Å². The number of ether oxygens (including phenoxy) is 1. The Hall–Kier alpha value is -3.97. The number of anilines is 2. The lowest BCUT2D eigenvalue weighted by Gasteiger charge is -2.15. The molecule has 2 aromatic carbocycles. The Balaban J connectivity index is 1.69. The highest BCUT2D eigenvalue weighted by molar-refractivity contribution is 6.08. The van der Waals surface area contributed by atoms with E-state index in [-0.39, 0.29) is 5.91 Å². The fourth-order valence-corrected chi connectivity index (χ4v) is 3.54. The number of para-hydroxylation sites is 1. The van der Waals surface area contributed by atoms with Crippen LogP contribution < -0.4 is 21.1 Å². The molecule has 0 radical (unpaired) electrons. The number of fused-ring (bicyclic) bond motifs is 1. The van der Waals surface area contributed by atoms with E-state index in [1.54, 1.807) is 19.4 Å². The van der Waals surface area contributed by atoms with Crippen molar-refractivity contribution in [1.82, 2.24) is 15.3 Å². The number of nitrogens with one attached hydrogen (secondary N) is 2. The first-order valence-corrected chi connectivity index (χ1v) is 11.0. The van der Waals surface area contributed by atoms with Gasteiger partial charge in [-0.15, -0.1) is 0 Å². The second-order valence-corrected chi connectivity index (χ2v) is 7.58. The average Bonchev–Trinajstić information content (AvgIpc) is 2.87. The van der Waals surface area contributed by atoms with Gasteiger partial charge in [0.25, 0.3) is 5.91 Å². The summed E-state index contributed by atoms with van der Waals surface area (Å²) in [6, 6.07) is 19.6. The number of unbranched alkanes of at least 4 members (excludes halogenated alkanes) is 1. The predicted octanol–water partition coefficient (Wildman–Crippen LogP) is 4.52. The van der Waals surface area contributed by atoms with Crippen molar-refractivity contribution >= 4 is 28.2 Å². The number of rotatable bonds is 9. The summed E-state index contributed by atoms with van der Waals surface area (Å²) in [5, 5.41) is 6.95. The van der Waals surface area contributed by atoms with E-state index in [0.29, 0.717) is 30.3 Å². The summed E-state index contributed by atoms with van der Waals surface area (Å²) in [5.41, 5.74) is 10.3. The third-order valence-corrected chi connectivity index (χ3v) is 5.30. The van der Waals surface area contributed by atoms with Crippen LogP contribution in [0.2, 0.25) is 0 Å². The minimum Gasteiger partial charge on any atom is -0.478 e. The second kappa shape index (κ2) is 10.6. The molecule has 4 aromatic rings. The molecule has 168 valence electrons. The van der Waals surface area contributed by atoms with E-state index in [4.69, 9.17) is 10.5 Å². The summed E-state index contributed by atoms with van der Waals surface area (Å²) < 4.78 is 5.68. The van der Waals surface area contributed by atoms with Crippen LogP contribution in [0.15, 0.2) is 73.1 Å². The number of carbonyl (C=O) groups excluding carboxylic acids is 1. The lowest BCUT2D eigenvalue weighted by Crippen LogP contribution is -2.19. The van der Waals surface area contributed by atoms with E-state index < -0.39 is 0 Å². The first-order valence-electron chi connectivity index (χ1n) is 11.0. The van der Waals surface area contributed by atoms with Crippen LogP contribution >= 0.6 is 0 Å². The minimum absolute atomic E-state index is 0.203. The third-order valence-electron chi connectivity index (χ3n) is 5.30. The van der Waals surface area contributed by atoms with Crippen molar-refractivity contribution in [3.63, 3.8) is 0 Å². The minimum atomic E-state index is -0.203. The van der Waals surface area contributed by atoms with E-state index in [2.05, 4.69) is 20.6 Å². The Labute approximate surface area is 193 Å². The molecular formula is C26H27N5O2. The Kier molecular flexibility index (Phi) is 7.12. The van der Waals surface area contributed by atoms with Gasteiger partial charge < -0.3 is 21.1 Å². The molecule has 0 aliphatic rings. The van der Waals surface area contributed by atoms with Crippen LogP contribution in [-0.4, -0.2) is 36.1 Å². The topological polar surface area (TPSA) is 102 Å². The number of nitrogens with two attached hydrogens (primary N) is 1. The van der Waals surface area contributed by atoms with E-state index in [9.17, 15) is 4.79 Å². The van der Waals surface area contributed by atoms with Crippen LogP contribution in [0.1, 0.15) is 23.2 Å². The summed E-state index contributed by atoms with van der Waals surface area (Å²) in [4.78, 5) is 21.5. The van der Waals surface area contributed by atoms with E-state index >= 15 is 0 Å². The molecule has 0 bridgehead atoms. The SMILES string of the molecule is CNC(=O)c1cnc2ccc(-c3ccc(OCCCCN)nc3)cc2c1Nc1ccccc1. The fourth-order valence-electron chi connectivity index (χ4n) is 3.54. The number of aromatic nitrogens is 2. The number of pyridine rings is 2. The average molecular weight is 442 g/mol. The molecule has 0 aliphatic carbocycles. The highest BCUT2D eigenvalue weighted by atomic mass is 16.5. The molecule has 0 saturated heterocycles. The zero-order valence-electron chi connectivity index (χ0n) is 18.5. The summed E-state index contributed by atoms with van der Waals surface area (Å²) in [6.07, 6.45) is 5.23. The molecule has 4 N–H and O–H groups in total. The zero-order valence-corrected chi connectivity index (χ0v) is 18.5. The maximum atomic E-state index is 12.6. The summed E-state index contributed by atoms with van der Waals surface area (Å²) in [7, 11) is 1.61. The van der Waals surface area contributed by atoms with Gasteiger partial charge in [0.15, 0.2) is 0 Å². The van der Waals surface area contributed by atoms with Gasteiger partial charge in [0.2, 0.25) is 5.88 Å². The Bertz CT molecular complexity index is 1230. The third kappa shape index (κ3) is 5.27. The normalized spacial score (nSPS) is 10.7. The molecule has 0 fully saturated rings. The molecule has 2 heterocycles. The molecule has 0 unspecified atom stereocenters. The van der Waals surface area contributed by atoms with Crippen LogP contribution in [0.4, 0.5) is 11.4 Å². The molecule has 0 saturated carbocycles. The molecule has 0 spiro atoms. The van der Waals surface area contributed by atoms with E-state index in [0.717, 1.165) is 40.6 Å². The number of carbonyl (C=O) groups is 1. The van der Waals surface area contributed by atoms with Crippen LogP contribution in [0.25, 0.3) is 22.0 Å². The Morgan fingerprint density at radius 2 is 1.79 bits per heavy atom. The van der Waals surface area contributed by atoms with Crippen LogP contribution in [-0.2, 0) is 0 Å². The molecule has 4 rings (SSSR count). The van der Waals surface area contributed by atoms with Gasteiger partial charge >= 0.3 is 0 Å². The molecule has 1 amide bonds. The Morgan fingerprint density at radius 1 is 0.970 bits per heavy atom. The molecule has 33 heavy (non-hydrogen) atoms. The maximum Gasteiger partial charge on any atom is 0.254 e. The number of amides is 1. The van der Waals surface area contributed by atoms with E-state index in [1.165, 1.54) is 0 Å². The Morgan fingerprint density at radius 3 is 2.52 bits per heavy atom. The van der Waals surface area contributed by atoms with Crippen molar-refractivity contribution in [2.24, 2.45) is 5.73 Å². The monoisotopic (exact) mass is 441 g/mol. The van der Waals surface area contributed by atoms with Crippen LogP contribution in [0.3, 0.4) is 0 Å². The number of hydrogen-bond donors (Lipinski definition) is 3. The second-order valence-electron chi connectivity index (χ2n) is 7.58. The molecule has 0 aliphatic heterocycles. The maximum absolute atomic E-state index is 12.6. The number of nitrogens with zero attached hydrogens (tertiary/aromatic N) is 2. The van der Waals surface area contributed by atoms with Crippen LogP contribution in [0, 0.1) is 0 Å². The van der Waals surface area contributed by atoms with Crippen molar-refractivity contribution in [2.45, 2.75) is 12.8 Å². The molecule has 2 aromatic heterocycles. The quantitative estimate of drug-likeness (QED) is 0.330. The first kappa shape index (κ1) is 22.2. The number of hydrogen-bond acceptors (Lipinski definition) is 6. The first-order chi connectivity index (χ1) is 16.2. The highest BCUT2D eigenvalue weighted by Gasteiger charge is 2.16. The smallest absolute Gasteiger partial charge is 0.254 e. The van der Waals surface area contributed by atoms with Crippen molar-refractivity contribution < 1.29 is 9.53 Å². The van der Waals surface area contributed by atoms with Gasteiger partial charge in [0, 0.05) is 42.1 Å². The molecule has 7 heteroatoms. The summed E-state index contributed by atoms with van der Waals surface area (Å²) in [6.45, 7) is 1.26.